The molecule has 4 heteroatoms. The second-order valence-electron chi connectivity index (χ2n) is 2.35. The van der Waals surface area contributed by atoms with E-state index in [-0.39, 0.29) is 0 Å². The average Bonchev–Trinajstić information content (AvgIpc) is 2.31. The zero-order valence-electron chi connectivity index (χ0n) is 5.95. The van der Waals surface area contributed by atoms with Gasteiger partial charge in [0.1, 0.15) is 4.60 Å². The molecule has 0 aromatic carbocycles. The molecule has 2 heterocycles. The van der Waals surface area contributed by atoms with E-state index in [9.17, 15) is 0 Å². The Bertz CT molecular complexity index is 393. The lowest BCUT2D eigenvalue weighted by Crippen LogP contribution is -1.90. The molecule has 11 heavy (non-hydrogen) atoms. The van der Waals surface area contributed by atoms with Crippen molar-refractivity contribution >= 4 is 21.6 Å². The van der Waals surface area contributed by atoms with E-state index in [4.69, 9.17) is 0 Å². The third-order valence-electron chi connectivity index (χ3n) is 1.53. The first kappa shape index (κ1) is 6.79. The van der Waals surface area contributed by atoms with E-state index in [0.29, 0.717) is 0 Å². The second kappa shape index (κ2) is 2.30. The van der Waals surface area contributed by atoms with Crippen molar-refractivity contribution in [1.82, 2.24) is 14.6 Å². The molecule has 0 fully saturated rings. The van der Waals surface area contributed by atoms with Gasteiger partial charge in [-0.05, 0) is 34.5 Å². The average molecular weight is 212 g/mol. The number of halogens is 1. The Hall–Kier alpha value is -0.900. The predicted molar refractivity (Wildman–Crippen MR) is 45.4 cm³/mol. The Balaban J connectivity index is 2.90. The van der Waals surface area contributed by atoms with Gasteiger partial charge >= 0.3 is 0 Å². The van der Waals surface area contributed by atoms with Gasteiger partial charge < -0.3 is 0 Å². The molecule has 0 saturated heterocycles. The van der Waals surface area contributed by atoms with Crippen LogP contribution in [0.5, 0.6) is 0 Å². The fourth-order valence-electron chi connectivity index (χ4n) is 0.992. The van der Waals surface area contributed by atoms with Crippen molar-refractivity contribution in [2.75, 3.05) is 0 Å². The van der Waals surface area contributed by atoms with E-state index >= 15 is 0 Å². The standard InChI is InChI=1S/C7H6BrN3/c1-5-2-3-9-11-4-6(8)10-7(5)11/h2-4H,1H3. The highest BCUT2D eigenvalue weighted by Gasteiger charge is 2.00. The zero-order chi connectivity index (χ0) is 7.84. The van der Waals surface area contributed by atoms with Crippen LogP contribution in [0.4, 0.5) is 0 Å². The fourth-order valence-corrected chi connectivity index (χ4v) is 1.35. The summed E-state index contributed by atoms with van der Waals surface area (Å²) in [5.41, 5.74) is 2.03. The SMILES string of the molecule is Cc1ccnn2cc(Br)nc12. The molecule has 0 bridgehead atoms. The molecule has 0 spiro atoms. The Morgan fingerprint density at radius 2 is 2.36 bits per heavy atom. The third-order valence-corrected chi connectivity index (χ3v) is 1.91. The van der Waals surface area contributed by atoms with Crippen LogP contribution in [0, 0.1) is 6.92 Å². The summed E-state index contributed by atoms with van der Waals surface area (Å²) < 4.78 is 2.57. The second-order valence-corrected chi connectivity index (χ2v) is 3.16. The van der Waals surface area contributed by atoms with Gasteiger partial charge in [0.2, 0.25) is 0 Å². The summed E-state index contributed by atoms with van der Waals surface area (Å²) >= 11 is 3.29. The Labute approximate surface area is 72.2 Å². The van der Waals surface area contributed by atoms with Crippen molar-refractivity contribution in [2.45, 2.75) is 6.92 Å². The first-order valence-corrected chi connectivity index (χ1v) is 4.03. The lowest BCUT2D eigenvalue weighted by Gasteiger charge is -1.92. The van der Waals surface area contributed by atoms with E-state index in [1.807, 2.05) is 19.2 Å². The summed E-state index contributed by atoms with van der Waals surface area (Å²) in [6.45, 7) is 2.01. The summed E-state index contributed by atoms with van der Waals surface area (Å²) in [4.78, 5) is 4.23. The molecular formula is C7H6BrN3. The molecule has 0 N–H and O–H groups in total. The van der Waals surface area contributed by atoms with Crippen molar-refractivity contribution in [2.24, 2.45) is 0 Å². The lowest BCUT2D eigenvalue weighted by atomic mass is 10.3. The molecule has 0 atom stereocenters. The number of aryl methyl sites for hydroxylation is 1. The summed E-state index contributed by atoms with van der Waals surface area (Å²) in [7, 11) is 0. The molecule has 0 aliphatic carbocycles. The van der Waals surface area contributed by atoms with E-state index in [0.717, 1.165) is 15.8 Å². The topological polar surface area (TPSA) is 30.2 Å². The maximum Gasteiger partial charge on any atom is 0.157 e. The molecule has 0 aliphatic rings. The van der Waals surface area contributed by atoms with Crippen molar-refractivity contribution in [3.63, 3.8) is 0 Å². The minimum Gasteiger partial charge on any atom is -0.220 e. The Morgan fingerprint density at radius 3 is 3.09 bits per heavy atom. The van der Waals surface area contributed by atoms with Crippen LogP contribution in [0.3, 0.4) is 0 Å². The van der Waals surface area contributed by atoms with Gasteiger partial charge in [0.15, 0.2) is 5.65 Å². The van der Waals surface area contributed by atoms with Gasteiger partial charge in [0, 0.05) is 6.20 Å². The van der Waals surface area contributed by atoms with Crippen LogP contribution in [-0.4, -0.2) is 14.6 Å². The molecular weight excluding hydrogens is 206 g/mol. The summed E-state index contributed by atoms with van der Waals surface area (Å²) in [5, 5.41) is 4.09. The molecule has 2 rings (SSSR count). The quantitative estimate of drug-likeness (QED) is 0.666. The predicted octanol–water partition coefficient (Wildman–Crippen LogP) is 1.80. The van der Waals surface area contributed by atoms with Crippen molar-refractivity contribution in [3.05, 3.63) is 28.6 Å². The van der Waals surface area contributed by atoms with Crippen LogP contribution in [0.2, 0.25) is 0 Å². The van der Waals surface area contributed by atoms with E-state index in [2.05, 4.69) is 26.0 Å². The molecule has 3 nitrogen and oxygen atoms in total. The molecule has 2 aromatic rings. The number of imidazole rings is 1. The number of fused-ring (bicyclic) bond motifs is 1. The molecule has 56 valence electrons. The summed E-state index contributed by atoms with van der Waals surface area (Å²) in [5.74, 6) is 0. The smallest absolute Gasteiger partial charge is 0.157 e. The van der Waals surface area contributed by atoms with Crippen LogP contribution in [0.15, 0.2) is 23.1 Å². The summed E-state index contributed by atoms with van der Waals surface area (Å²) in [6, 6.07) is 1.94. The van der Waals surface area contributed by atoms with Crippen LogP contribution in [-0.2, 0) is 0 Å². The van der Waals surface area contributed by atoms with Gasteiger partial charge in [-0.15, -0.1) is 0 Å². The van der Waals surface area contributed by atoms with Crippen LogP contribution >= 0.6 is 15.9 Å². The van der Waals surface area contributed by atoms with Gasteiger partial charge in [-0.25, -0.2) is 9.50 Å². The molecule has 0 amide bonds. The van der Waals surface area contributed by atoms with Gasteiger partial charge in [0.05, 0.1) is 6.20 Å². The highest BCUT2D eigenvalue weighted by molar-refractivity contribution is 9.10. The van der Waals surface area contributed by atoms with Gasteiger partial charge in [-0.1, -0.05) is 0 Å². The van der Waals surface area contributed by atoms with Crippen molar-refractivity contribution in [3.8, 4) is 0 Å². The monoisotopic (exact) mass is 211 g/mol. The molecule has 0 saturated carbocycles. The normalized spacial score (nSPS) is 10.7. The number of aromatic nitrogens is 3. The lowest BCUT2D eigenvalue weighted by molar-refractivity contribution is 0.927. The first-order chi connectivity index (χ1) is 5.27. The number of nitrogens with zero attached hydrogens (tertiary/aromatic N) is 3. The Kier molecular flexibility index (Phi) is 1.42. The van der Waals surface area contributed by atoms with E-state index < -0.39 is 0 Å². The first-order valence-electron chi connectivity index (χ1n) is 3.24. The van der Waals surface area contributed by atoms with Crippen molar-refractivity contribution in [1.29, 1.82) is 0 Å². The van der Waals surface area contributed by atoms with Crippen LogP contribution in [0.1, 0.15) is 5.56 Å². The zero-order valence-corrected chi connectivity index (χ0v) is 7.54. The van der Waals surface area contributed by atoms with Crippen LogP contribution in [0.25, 0.3) is 5.65 Å². The molecule has 0 radical (unpaired) electrons. The van der Waals surface area contributed by atoms with E-state index in [1.54, 1.807) is 10.7 Å². The Morgan fingerprint density at radius 1 is 1.55 bits per heavy atom. The minimum absolute atomic E-state index is 0.819. The largest absolute Gasteiger partial charge is 0.220 e. The van der Waals surface area contributed by atoms with Gasteiger partial charge in [0.25, 0.3) is 0 Å². The van der Waals surface area contributed by atoms with Crippen LogP contribution < -0.4 is 0 Å². The molecule has 2 aromatic heterocycles. The maximum atomic E-state index is 4.23. The fraction of sp³-hybridized carbons (Fsp3) is 0.143. The summed E-state index contributed by atoms with van der Waals surface area (Å²) in [6.07, 6.45) is 3.60. The van der Waals surface area contributed by atoms with Gasteiger partial charge in [-0.2, -0.15) is 5.10 Å². The van der Waals surface area contributed by atoms with Crippen molar-refractivity contribution < 1.29 is 0 Å². The highest BCUT2D eigenvalue weighted by atomic mass is 79.9. The van der Waals surface area contributed by atoms with E-state index in [1.165, 1.54) is 0 Å². The molecule has 0 aliphatic heterocycles. The highest BCUT2D eigenvalue weighted by Crippen LogP contribution is 2.11. The number of rotatable bonds is 0. The number of hydrogen-bond donors (Lipinski definition) is 0. The minimum atomic E-state index is 0.819. The van der Waals surface area contributed by atoms with Gasteiger partial charge in [-0.3, -0.25) is 0 Å². The number of hydrogen-bond acceptors (Lipinski definition) is 2. The molecule has 0 unspecified atom stereocenters. The third kappa shape index (κ3) is 1.03. The maximum absolute atomic E-state index is 4.23.